The topological polar surface area (TPSA) is 180 Å². The third-order valence-corrected chi connectivity index (χ3v) is 14.7. The van der Waals surface area contributed by atoms with Crippen LogP contribution in [0.15, 0.2) is 60.7 Å². The number of amides is 4. The third kappa shape index (κ3) is 14.5. The van der Waals surface area contributed by atoms with Gasteiger partial charge in [0.2, 0.25) is 11.8 Å². The number of aromatic nitrogens is 2. The maximum atomic E-state index is 15.5. The second-order valence-electron chi connectivity index (χ2n) is 25.5. The van der Waals surface area contributed by atoms with Gasteiger partial charge in [0.15, 0.2) is 0 Å². The summed E-state index contributed by atoms with van der Waals surface area (Å²) in [5.41, 5.74) is 2.86. The Bertz CT molecular complexity index is 2910. The van der Waals surface area contributed by atoms with E-state index in [1.807, 2.05) is 84.7 Å². The highest BCUT2D eigenvalue weighted by Crippen LogP contribution is 2.42. The van der Waals surface area contributed by atoms with Crippen molar-refractivity contribution >= 4 is 57.7 Å². The van der Waals surface area contributed by atoms with E-state index in [4.69, 9.17) is 18.9 Å². The number of alkyl carbamates (subject to hydrolysis) is 2. The molecule has 2 aromatic heterocycles. The first-order valence-corrected chi connectivity index (χ1v) is 27.9. The van der Waals surface area contributed by atoms with Crippen molar-refractivity contribution in [1.82, 2.24) is 29.6 Å². The highest BCUT2D eigenvalue weighted by molar-refractivity contribution is 5.95. The molecule has 16 nitrogen and oxygen atoms in total. The predicted octanol–water partition coefficient (Wildman–Crippen LogP) is 11.3. The van der Waals surface area contributed by atoms with Crippen molar-refractivity contribution in [3.8, 4) is 22.5 Å². The van der Waals surface area contributed by atoms with Gasteiger partial charge in [0, 0.05) is 49.8 Å². The normalized spacial score (nSPS) is 16.9. The molecule has 3 aromatic carbocycles. The number of benzene rings is 3. The van der Waals surface area contributed by atoms with Gasteiger partial charge in [0.1, 0.15) is 48.1 Å². The minimum Gasteiger partial charge on any atom is -0.464 e. The molecule has 7 rings (SSSR count). The van der Waals surface area contributed by atoms with Crippen LogP contribution in [-0.2, 0) is 64.1 Å². The van der Waals surface area contributed by atoms with E-state index < -0.39 is 69.9 Å². The van der Waals surface area contributed by atoms with E-state index in [2.05, 4.69) is 10.6 Å². The molecule has 5 aromatic rings. The van der Waals surface area contributed by atoms with Crippen molar-refractivity contribution in [2.75, 3.05) is 26.3 Å². The van der Waals surface area contributed by atoms with Crippen molar-refractivity contribution in [2.45, 2.75) is 184 Å². The summed E-state index contributed by atoms with van der Waals surface area (Å²) in [5, 5.41) is 7.25. The molecule has 2 aliphatic heterocycles. The van der Waals surface area contributed by atoms with E-state index in [1.54, 1.807) is 53.7 Å². The summed E-state index contributed by atoms with van der Waals surface area (Å²) in [7, 11) is 0. The van der Waals surface area contributed by atoms with Crippen LogP contribution in [0.5, 0.6) is 0 Å². The van der Waals surface area contributed by atoms with Crippen molar-refractivity contribution in [1.29, 1.82) is 0 Å². The molecule has 0 bridgehead atoms. The first kappa shape index (κ1) is 60.7. The minimum absolute atomic E-state index is 0.00556. The van der Waals surface area contributed by atoms with Crippen LogP contribution in [0.1, 0.15) is 134 Å². The maximum Gasteiger partial charge on any atom is 0.408 e. The fourth-order valence-corrected chi connectivity index (χ4v) is 11.3. The van der Waals surface area contributed by atoms with E-state index in [9.17, 15) is 28.8 Å². The van der Waals surface area contributed by atoms with Crippen LogP contribution in [0, 0.1) is 22.5 Å². The van der Waals surface area contributed by atoms with E-state index in [0.717, 1.165) is 44.4 Å². The molecule has 4 heterocycles. The number of nitrogens with zero attached hydrogens (tertiary/aromatic N) is 4. The molecule has 0 spiro atoms. The Morgan fingerprint density at radius 3 is 1.21 bits per heavy atom. The number of hydrogen-bond acceptors (Lipinski definition) is 10. The molecule has 4 amide bonds. The lowest BCUT2D eigenvalue weighted by molar-refractivity contribution is -0.142. The summed E-state index contributed by atoms with van der Waals surface area (Å²) in [6.45, 7) is 25.9. The Morgan fingerprint density at radius 2 is 0.900 bits per heavy atom. The van der Waals surface area contributed by atoms with Gasteiger partial charge in [0.05, 0.1) is 35.5 Å². The van der Waals surface area contributed by atoms with Gasteiger partial charge in [-0.2, -0.15) is 0 Å². The first-order valence-electron chi connectivity index (χ1n) is 27.9. The minimum atomic E-state index is -0.908. The van der Waals surface area contributed by atoms with Crippen molar-refractivity contribution in [3.05, 3.63) is 83.4 Å². The van der Waals surface area contributed by atoms with Crippen LogP contribution in [0.2, 0.25) is 0 Å². The van der Waals surface area contributed by atoms with Gasteiger partial charge in [-0.1, -0.05) is 65.8 Å². The van der Waals surface area contributed by atoms with Crippen LogP contribution in [-0.4, -0.2) is 117 Å². The molecular formula is C62H82F2N6O10. The first-order chi connectivity index (χ1) is 37.3. The van der Waals surface area contributed by atoms with Gasteiger partial charge in [-0.25, -0.2) is 18.4 Å². The molecule has 2 fully saturated rings. The van der Waals surface area contributed by atoms with E-state index in [0.29, 0.717) is 62.6 Å². The number of halogens is 2. The molecule has 434 valence electrons. The molecule has 0 radical (unpaired) electrons. The van der Waals surface area contributed by atoms with Crippen LogP contribution in [0.3, 0.4) is 0 Å². The highest BCUT2D eigenvalue weighted by atomic mass is 19.1. The van der Waals surface area contributed by atoms with Crippen molar-refractivity contribution < 1.29 is 56.5 Å². The molecular weight excluding hydrogens is 1030 g/mol. The zero-order chi connectivity index (χ0) is 58.8. The smallest absolute Gasteiger partial charge is 0.408 e. The van der Waals surface area contributed by atoms with Crippen LogP contribution < -0.4 is 10.6 Å². The summed E-state index contributed by atoms with van der Waals surface area (Å²) in [6, 6.07) is 14.6. The number of likely N-dealkylation sites (tertiary alicyclic amines) is 2. The summed E-state index contributed by atoms with van der Waals surface area (Å²) < 4.78 is 57.0. The SMILES string of the molecule is CC(=O)OCCn1c(-c2ccc(-c3c(C[C@@H]4CCCN4C(=O)C(NC(=O)OC(C)(C)C)C(C)(C)C)c4ccc(F)cc4n3CCOC(C)=O)cc2)c(C[C@@H]2CCCN2C(=O)C(NC(=O)OC(C)(C)C)C(C)(C)C)c2ccc(F)cc21. The number of ether oxygens (including phenoxy) is 4. The molecule has 80 heavy (non-hydrogen) atoms. The van der Waals surface area contributed by atoms with Crippen LogP contribution in [0.4, 0.5) is 18.4 Å². The van der Waals surface area contributed by atoms with Gasteiger partial charge in [-0.05, 0) is 150 Å². The zero-order valence-electron chi connectivity index (χ0n) is 49.2. The largest absolute Gasteiger partial charge is 0.464 e. The van der Waals surface area contributed by atoms with E-state index in [1.165, 1.54) is 38.1 Å². The molecule has 2 aliphatic rings. The summed E-state index contributed by atoms with van der Waals surface area (Å²) >= 11 is 0. The van der Waals surface area contributed by atoms with Crippen LogP contribution >= 0.6 is 0 Å². The lowest BCUT2D eigenvalue weighted by atomic mass is 9.85. The van der Waals surface area contributed by atoms with Gasteiger partial charge < -0.3 is 48.5 Å². The average molecular weight is 1110 g/mol. The van der Waals surface area contributed by atoms with Gasteiger partial charge in [-0.15, -0.1) is 0 Å². The van der Waals surface area contributed by atoms with E-state index in [-0.39, 0.29) is 50.2 Å². The number of fused-ring (bicyclic) bond motifs is 2. The fraction of sp³-hybridized carbons (Fsp3) is 0.548. The Balaban J connectivity index is 1.34. The standard InChI is InChI=1S/C62H82F2N6O10/c1-37(71)77-31-29-69-49-33-41(63)23-25-45(49)47(35-43-17-15-27-67(43)55(73)53(59(3,4)5)65-57(75)79-61(9,10)11)51(69)39-19-21-40(22-20-39)52-48(46-26-24-42(64)34-50(46)70(52)30-32-78-38(2)72)36-44-18-16-28-68(44)56(74)54(60(6,7)8)66-58(76)80-62(12,13)14/h19-26,33-34,43-44,53-54H,15-18,27-32,35-36H2,1-14H3,(H,65,75)(H,66,76)/t43-,44-,53?,54?/m0/s1. The number of carbonyl (C=O) groups is 6. The molecule has 2 N–H and O–H groups in total. The molecule has 2 unspecified atom stereocenters. The van der Waals surface area contributed by atoms with Crippen molar-refractivity contribution in [3.63, 3.8) is 0 Å². The maximum absolute atomic E-state index is 15.5. The Morgan fingerprint density at radius 1 is 0.550 bits per heavy atom. The summed E-state index contributed by atoms with van der Waals surface area (Å²) in [6.07, 6.45) is 2.12. The average Bonchev–Trinajstić information content (AvgIpc) is 4.12. The molecule has 0 saturated carbocycles. The van der Waals surface area contributed by atoms with Crippen LogP contribution in [0.25, 0.3) is 44.3 Å². The molecule has 0 aliphatic carbocycles. The number of nitrogens with one attached hydrogen (secondary N) is 2. The predicted molar refractivity (Wildman–Crippen MR) is 304 cm³/mol. The molecule has 2 saturated heterocycles. The highest BCUT2D eigenvalue weighted by Gasteiger charge is 2.43. The lowest BCUT2D eigenvalue weighted by Gasteiger charge is -2.36. The third-order valence-electron chi connectivity index (χ3n) is 14.7. The van der Waals surface area contributed by atoms with E-state index >= 15 is 8.78 Å². The Kier molecular flexibility index (Phi) is 18.2. The summed E-state index contributed by atoms with van der Waals surface area (Å²) in [5.74, 6) is -2.34. The quantitative estimate of drug-likeness (QED) is 0.0713. The van der Waals surface area contributed by atoms with Gasteiger partial charge in [-0.3, -0.25) is 19.2 Å². The number of hydrogen-bond donors (Lipinski definition) is 2. The second kappa shape index (κ2) is 24.0. The monoisotopic (exact) mass is 1110 g/mol. The van der Waals surface area contributed by atoms with Gasteiger partial charge in [0.25, 0.3) is 0 Å². The summed E-state index contributed by atoms with van der Waals surface area (Å²) in [4.78, 5) is 83.9. The second-order valence-corrected chi connectivity index (χ2v) is 25.5. The molecule has 4 atom stereocenters. The number of rotatable bonds is 16. The number of esters is 2. The number of carbonyl (C=O) groups excluding carboxylic acids is 6. The fourth-order valence-electron chi connectivity index (χ4n) is 11.3. The zero-order valence-corrected chi connectivity index (χ0v) is 49.2. The lowest BCUT2D eigenvalue weighted by Crippen LogP contribution is -2.56. The van der Waals surface area contributed by atoms with Crippen molar-refractivity contribution in [2.24, 2.45) is 10.8 Å². The van der Waals surface area contributed by atoms with Gasteiger partial charge >= 0.3 is 24.1 Å². The Labute approximate surface area is 469 Å². The Hall–Kier alpha value is -6.98. The molecule has 18 heteroatoms.